The van der Waals surface area contributed by atoms with Crippen LogP contribution in [0.1, 0.15) is 13.8 Å². The van der Waals surface area contributed by atoms with E-state index in [1.807, 2.05) is 4.90 Å². The Labute approximate surface area is 110 Å². The number of nitrogens with one attached hydrogen (secondary N) is 1. The lowest BCUT2D eigenvalue weighted by Crippen LogP contribution is -2.46. The summed E-state index contributed by atoms with van der Waals surface area (Å²) in [7, 11) is 4.14. The highest BCUT2D eigenvalue weighted by molar-refractivity contribution is 5.78. The van der Waals surface area contributed by atoms with Crippen LogP contribution >= 0.6 is 0 Å². The number of carbonyl (C=O) groups is 1. The van der Waals surface area contributed by atoms with Crippen molar-refractivity contribution < 1.29 is 9.53 Å². The van der Waals surface area contributed by atoms with Gasteiger partial charge in [0.05, 0.1) is 19.8 Å². The maximum Gasteiger partial charge on any atom is 0.236 e. The Balaban J connectivity index is 2.21. The molecule has 0 aromatic rings. The van der Waals surface area contributed by atoms with Crippen LogP contribution in [0.5, 0.6) is 0 Å². The van der Waals surface area contributed by atoms with Crippen molar-refractivity contribution in [3.63, 3.8) is 0 Å². The molecule has 1 amide bonds. The van der Waals surface area contributed by atoms with Crippen molar-refractivity contribution in [2.45, 2.75) is 13.8 Å². The quantitative estimate of drug-likeness (QED) is 0.729. The fraction of sp³-hybridized carbons (Fsp3) is 0.923. The van der Waals surface area contributed by atoms with Crippen LogP contribution in [-0.4, -0.2) is 75.7 Å². The normalized spacial score (nSPS) is 17.3. The molecule has 0 atom stereocenters. The topological polar surface area (TPSA) is 44.8 Å². The van der Waals surface area contributed by atoms with E-state index in [9.17, 15) is 4.79 Å². The van der Waals surface area contributed by atoms with E-state index in [1.165, 1.54) is 0 Å². The summed E-state index contributed by atoms with van der Waals surface area (Å²) in [6.07, 6.45) is 0. The van der Waals surface area contributed by atoms with Gasteiger partial charge in [0.15, 0.2) is 0 Å². The Kier molecular flexibility index (Phi) is 6.05. The van der Waals surface area contributed by atoms with E-state index in [2.05, 4.69) is 38.2 Å². The predicted molar refractivity (Wildman–Crippen MR) is 72.6 cm³/mol. The zero-order valence-corrected chi connectivity index (χ0v) is 12.2. The van der Waals surface area contributed by atoms with E-state index in [-0.39, 0.29) is 11.3 Å². The van der Waals surface area contributed by atoms with Crippen LogP contribution in [0.25, 0.3) is 0 Å². The van der Waals surface area contributed by atoms with Gasteiger partial charge in [-0.15, -0.1) is 0 Å². The molecule has 0 aromatic carbocycles. The number of morpholine rings is 1. The molecule has 0 bridgehead atoms. The SMILES string of the molecule is CN(C)CC(C)(C)CNCC(=O)N1CCOCC1. The standard InChI is InChI=1S/C13H27N3O2/c1-13(2,11-15(3)4)10-14-9-12(17)16-5-7-18-8-6-16/h14H,5-11H2,1-4H3. The van der Waals surface area contributed by atoms with Crippen molar-refractivity contribution in [1.29, 1.82) is 0 Å². The van der Waals surface area contributed by atoms with Gasteiger partial charge in [0, 0.05) is 26.2 Å². The Morgan fingerprint density at radius 2 is 1.94 bits per heavy atom. The summed E-state index contributed by atoms with van der Waals surface area (Å²) in [5.74, 6) is 0.180. The van der Waals surface area contributed by atoms with Crippen LogP contribution in [0.3, 0.4) is 0 Å². The second-order valence-electron chi connectivity index (χ2n) is 6.00. The molecule has 18 heavy (non-hydrogen) atoms. The van der Waals surface area contributed by atoms with E-state index < -0.39 is 0 Å². The fourth-order valence-corrected chi connectivity index (χ4v) is 2.34. The molecule has 106 valence electrons. The molecular weight excluding hydrogens is 230 g/mol. The molecule has 0 aliphatic carbocycles. The maximum absolute atomic E-state index is 11.9. The Morgan fingerprint density at radius 3 is 2.50 bits per heavy atom. The van der Waals surface area contributed by atoms with Gasteiger partial charge >= 0.3 is 0 Å². The molecule has 5 heteroatoms. The molecule has 0 saturated carbocycles. The van der Waals surface area contributed by atoms with E-state index >= 15 is 0 Å². The maximum atomic E-state index is 11.9. The zero-order chi connectivity index (χ0) is 13.6. The lowest BCUT2D eigenvalue weighted by molar-refractivity contribution is -0.134. The third kappa shape index (κ3) is 5.80. The van der Waals surface area contributed by atoms with Gasteiger partial charge in [0.25, 0.3) is 0 Å². The summed E-state index contributed by atoms with van der Waals surface area (Å²) >= 11 is 0. The average Bonchev–Trinajstić information content (AvgIpc) is 2.28. The average molecular weight is 257 g/mol. The van der Waals surface area contributed by atoms with E-state index in [4.69, 9.17) is 4.74 Å². The van der Waals surface area contributed by atoms with Gasteiger partial charge in [-0.1, -0.05) is 13.8 Å². The third-order valence-electron chi connectivity index (χ3n) is 2.99. The zero-order valence-electron chi connectivity index (χ0n) is 12.2. The minimum absolute atomic E-state index is 0.175. The smallest absolute Gasteiger partial charge is 0.236 e. The number of rotatable bonds is 6. The first kappa shape index (κ1) is 15.4. The molecule has 0 spiro atoms. The Morgan fingerprint density at radius 1 is 1.33 bits per heavy atom. The van der Waals surface area contributed by atoms with Crippen molar-refractivity contribution >= 4 is 5.91 Å². The van der Waals surface area contributed by atoms with Crippen LogP contribution in [-0.2, 0) is 9.53 Å². The second kappa shape index (κ2) is 7.07. The van der Waals surface area contributed by atoms with E-state index in [0.717, 1.165) is 26.2 Å². The molecule has 0 unspecified atom stereocenters. The first-order chi connectivity index (χ1) is 8.41. The van der Waals surface area contributed by atoms with Gasteiger partial charge in [0.1, 0.15) is 0 Å². The van der Waals surface area contributed by atoms with Crippen molar-refractivity contribution in [3.05, 3.63) is 0 Å². The summed E-state index contributed by atoms with van der Waals surface area (Å²) in [5, 5.41) is 3.27. The number of nitrogens with zero attached hydrogens (tertiary/aromatic N) is 2. The molecule has 1 aliphatic rings. The first-order valence-electron chi connectivity index (χ1n) is 6.62. The molecule has 1 fully saturated rings. The van der Waals surface area contributed by atoms with Crippen LogP contribution in [0.4, 0.5) is 0 Å². The monoisotopic (exact) mass is 257 g/mol. The summed E-state index contributed by atoms with van der Waals surface area (Å²) in [6.45, 7) is 9.47. The molecule has 1 rings (SSSR count). The van der Waals surface area contributed by atoms with E-state index in [0.29, 0.717) is 19.8 Å². The number of hydrogen-bond donors (Lipinski definition) is 1. The van der Waals surface area contributed by atoms with Gasteiger partial charge in [-0.25, -0.2) is 0 Å². The largest absolute Gasteiger partial charge is 0.378 e. The molecule has 1 N–H and O–H groups in total. The van der Waals surface area contributed by atoms with Crippen LogP contribution < -0.4 is 5.32 Å². The number of hydrogen-bond acceptors (Lipinski definition) is 4. The summed E-state index contributed by atoms with van der Waals surface area (Å²) in [6, 6.07) is 0. The van der Waals surface area contributed by atoms with Crippen molar-refractivity contribution in [2.75, 3.05) is 60.0 Å². The van der Waals surface area contributed by atoms with Gasteiger partial charge < -0.3 is 19.9 Å². The minimum Gasteiger partial charge on any atom is -0.378 e. The molecule has 1 heterocycles. The van der Waals surface area contributed by atoms with E-state index in [1.54, 1.807) is 0 Å². The van der Waals surface area contributed by atoms with Gasteiger partial charge in [-0.3, -0.25) is 4.79 Å². The molecule has 1 aliphatic heterocycles. The number of amides is 1. The van der Waals surface area contributed by atoms with Crippen LogP contribution in [0, 0.1) is 5.41 Å². The summed E-state index contributed by atoms with van der Waals surface area (Å²) in [5.41, 5.74) is 0.175. The summed E-state index contributed by atoms with van der Waals surface area (Å²) in [4.78, 5) is 15.9. The summed E-state index contributed by atoms with van der Waals surface area (Å²) < 4.78 is 5.23. The molecule has 0 aromatic heterocycles. The second-order valence-corrected chi connectivity index (χ2v) is 6.00. The lowest BCUT2D eigenvalue weighted by Gasteiger charge is -2.30. The van der Waals surface area contributed by atoms with Gasteiger partial charge in [0.2, 0.25) is 5.91 Å². The lowest BCUT2D eigenvalue weighted by atomic mass is 9.93. The Bertz CT molecular complexity index is 261. The van der Waals surface area contributed by atoms with Crippen molar-refractivity contribution in [3.8, 4) is 0 Å². The molecule has 0 radical (unpaired) electrons. The predicted octanol–water partition coefficient (Wildman–Crippen LogP) is 0.0226. The van der Waals surface area contributed by atoms with Gasteiger partial charge in [-0.2, -0.15) is 0 Å². The molecular formula is C13H27N3O2. The minimum atomic E-state index is 0.175. The van der Waals surface area contributed by atoms with Crippen molar-refractivity contribution in [1.82, 2.24) is 15.1 Å². The Hall–Kier alpha value is -0.650. The fourth-order valence-electron chi connectivity index (χ4n) is 2.34. The van der Waals surface area contributed by atoms with Crippen molar-refractivity contribution in [2.24, 2.45) is 5.41 Å². The first-order valence-corrected chi connectivity index (χ1v) is 6.62. The van der Waals surface area contributed by atoms with Crippen LogP contribution in [0.15, 0.2) is 0 Å². The van der Waals surface area contributed by atoms with Gasteiger partial charge in [-0.05, 0) is 19.5 Å². The van der Waals surface area contributed by atoms with Crippen LogP contribution in [0.2, 0.25) is 0 Å². The molecule has 5 nitrogen and oxygen atoms in total. The highest BCUT2D eigenvalue weighted by Crippen LogP contribution is 2.13. The highest BCUT2D eigenvalue weighted by atomic mass is 16.5. The molecule has 1 saturated heterocycles. The highest BCUT2D eigenvalue weighted by Gasteiger charge is 2.20. The number of carbonyl (C=O) groups excluding carboxylic acids is 1. The third-order valence-corrected chi connectivity index (χ3v) is 2.99. The number of ether oxygens (including phenoxy) is 1.